The molecule has 0 aliphatic heterocycles. The average molecular weight is 326 g/mol. The molecule has 0 radical (unpaired) electrons. The van der Waals surface area contributed by atoms with Crippen LogP contribution in [0.5, 0.6) is 0 Å². The van der Waals surface area contributed by atoms with Gasteiger partial charge in [-0.2, -0.15) is 0 Å². The van der Waals surface area contributed by atoms with Crippen molar-refractivity contribution in [3.63, 3.8) is 0 Å². The fourth-order valence-corrected chi connectivity index (χ4v) is 0.430. The molecule has 2 N–H and O–H groups in total. The molecule has 84 valence electrons. The van der Waals surface area contributed by atoms with Gasteiger partial charge in [-0.25, -0.2) is 9.97 Å². The standard InChI is InChI=1S/2C3H4N2.4ClH.Ti/c2*1-2-5-3-4-1;;;;;/h2*1-3H,(H,4,5);4*1H;/q;;;;;;+4/p-4. The zero-order chi connectivity index (χ0) is 7.07. The summed E-state index contributed by atoms with van der Waals surface area (Å²) in [6.45, 7) is 0. The second-order valence-electron chi connectivity index (χ2n) is 1.52. The number of imidazole rings is 2. The van der Waals surface area contributed by atoms with Crippen molar-refractivity contribution in [2.75, 3.05) is 0 Å². The molecule has 0 aliphatic rings. The number of nitrogens with zero attached hydrogens (tertiary/aromatic N) is 2. The first kappa shape index (κ1) is 29.5. The number of aromatic amines is 2. The Bertz CT molecular complexity index is 166. The van der Waals surface area contributed by atoms with Crippen LogP contribution < -0.4 is 49.6 Å². The fourth-order valence-electron chi connectivity index (χ4n) is 0.430. The number of nitrogens with one attached hydrogen (secondary N) is 2. The van der Waals surface area contributed by atoms with Crippen molar-refractivity contribution in [2.45, 2.75) is 0 Å². The van der Waals surface area contributed by atoms with E-state index < -0.39 is 0 Å². The molecule has 2 aromatic heterocycles. The molecular weight excluding hydrogens is 318 g/mol. The molecule has 4 nitrogen and oxygen atoms in total. The van der Waals surface area contributed by atoms with Gasteiger partial charge in [-0.1, -0.05) is 0 Å². The van der Waals surface area contributed by atoms with Gasteiger partial charge in [0.2, 0.25) is 0 Å². The van der Waals surface area contributed by atoms with E-state index in [2.05, 4.69) is 19.9 Å². The molecule has 15 heavy (non-hydrogen) atoms. The fraction of sp³-hybridized carbons (Fsp3) is 0. The average Bonchev–Trinajstić information content (AvgIpc) is 2.67. The second-order valence-corrected chi connectivity index (χ2v) is 1.52. The molecule has 2 heterocycles. The van der Waals surface area contributed by atoms with E-state index in [9.17, 15) is 0 Å². The van der Waals surface area contributed by atoms with Gasteiger partial charge in [-0.3, -0.25) is 0 Å². The van der Waals surface area contributed by atoms with E-state index in [0.29, 0.717) is 0 Å². The first-order chi connectivity index (χ1) is 5.00. The molecule has 0 spiro atoms. The molecule has 0 fully saturated rings. The van der Waals surface area contributed by atoms with E-state index in [0.717, 1.165) is 0 Å². The summed E-state index contributed by atoms with van der Waals surface area (Å²) in [6.07, 6.45) is 10.2. The van der Waals surface area contributed by atoms with Crippen molar-refractivity contribution in [1.29, 1.82) is 0 Å². The van der Waals surface area contributed by atoms with Crippen LogP contribution in [0.25, 0.3) is 0 Å². The first-order valence-electron chi connectivity index (χ1n) is 2.85. The first-order valence-corrected chi connectivity index (χ1v) is 2.85. The molecule has 0 saturated carbocycles. The van der Waals surface area contributed by atoms with Gasteiger partial charge in [0.25, 0.3) is 0 Å². The molecule has 0 aliphatic carbocycles. The Kier molecular flexibility index (Phi) is 46.9. The molecule has 2 rings (SSSR count). The SMILES string of the molecule is [Cl-].[Cl-].[Cl-].[Cl-].[Ti+4].c1c[nH]cn1.c1c[nH]cn1. The summed E-state index contributed by atoms with van der Waals surface area (Å²) in [7, 11) is 0. The monoisotopic (exact) mass is 324 g/mol. The number of aromatic nitrogens is 4. The van der Waals surface area contributed by atoms with Crippen molar-refractivity contribution in [1.82, 2.24) is 19.9 Å². The van der Waals surface area contributed by atoms with Crippen molar-refractivity contribution < 1.29 is 71.3 Å². The van der Waals surface area contributed by atoms with Gasteiger partial charge < -0.3 is 59.6 Å². The molecule has 0 aromatic carbocycles. The minimum atomic E-state index is 0. The second kappa shape index (κ2) is 23.8. The van der Waals surface area contributed by atoms with Crippen molar-refractivity contribution in [3.8, 4) is 0 Å². The third-order valence-corrected chi connectivity index (χ3v) is 0.812. The predicted octanol–water partition coefficient (Wildman–Crippen LogP) is -11.2. The normalized spacial score (nSPS) is 5.33. The van der Waals surface area contributed by atoms with Crippen molar-refractivity contribution >= 4 is 0 Å². The van der Waals surface area contributed by atoms with E-state index in [1.165, 1.54) is 0 Å². The van der Waals surface area contributed by atoms with Gasteiger partial charge in [0, 0.05) is 24.8 Å². The number of rotatable bonds is 0. The van der Waals surface area contributed by atoms with Crippen LogP contribution in [0.3, 0.4) is 0 Å². The van der Waals surface area contributed by atoms with Crippen LogP contribution in [0, 0.1) is 0 Å². The Hall–Kier alpha value is 0.294. The van der Waals surface area contributed by atoms with Gasteiger partial charge in [0.05, 0.1) is 12.7 Å². The Morgan fingerprint density at radius 3 is 1.07 bits per heavy atom. The Labute approximate surface area is 128 Å². The van der Waals surface area contributed by atoms with Crippen LogP contribution in [0.4, 0.5) is 0 Å². The summed E-state index contributed by atoms with van der Waals surface area (Å²) < 4.78 is 0. The van der Waals surface area contributed by atoms with E-state index in [1.807, 2.05) is 0 Å². The number of hydrogen-bond acceptors (Lipinski definition) is 2. The summed E-state index contributed by atoms with van der Waals surface area (Å²) in [5.74, 6) is 0. The van der Waals surface area contributed by atoms with E-state index in [4.69, 9.17) is 0 Å². The Morgan fingerprint density at radius 2 is 1.00 bits per heavy atom. The van der Waals surface area contributed by atoms with Crippen LogP contribution in [0.15, 0.2) is 37.4 Å². The minimum absolute atomic E-state index is 0. The Morgan fingerprint density at radius 1 is 0.667 bits per heavy atom. The van der Waals surface area contributed by atoms with Crippen LogP contribution in [-0.2, 0) is 21.7 Å². The smallest absolute Gasteiger partial charge is 1.00 e. The number of H-pyrrole nitrogens is 2. The number of hydrogen-bond donors (Lipinski definition) is 2. The van der Waals surface area contributed by atoms with Gasteiger partial charge >= 0.3 is 21.7 Å². The quantitative estimate of drug-likeness (QED) is 0.473. The van der Waals surface area contributed by atoms with Crippen molar-refractivity contribution in [3.05, 3.63) is 37.4 Å². The maximum Gasteiger partial charge on any atom is 4.00 e. The molecule has 0 saturated heterocycles. The van der Waals surface area contributed by atoms with E-state index in [-0.39, 0.29) is 71.3 Å². The predicted molar refractivity (Wildman–Crippen MR) is 37.2 cm³/mol. The van der Waals surface area contributed by atoms with Gasteiger partial charge in [0.15, 0.2) is 0 Å². The maximum absolute atomic E-state index is 3.67. The third-order valence-electron chi connectivity index (χ3n) is 0.812. The van der Waals surface area contributed by atoms with Crippen LogP contribution in [0.1, 0.15) is 0 Å². The maximum atomic E-state index is 3.67. The molecule has 0 amide bonds. The molecule has 0 atom stereocenters. The summed E-state index contributed by atoms with van der Waals surface area (Å²) in [5.41, 5.74) is 0. The summed E-state index contributed by atoms with van der Waals surface area (Å²) >= 11 is 0. The third kappa shape index (κ3) is 20.4. The van der Waals surface area contributed by atoms with Crippen molar-refractivity contribution in [2.24, 2.45) is 0 Å². The summed E-state index contributed by atoms with van der Waals surface area (Å²) in [5, 5.41) is 0. The molecule has 2 aromatic rings. The van der Waals surface area contributed by atoms with Crippen LogP contribution >= 0.6 is 0 Å². The number of halogens is 4. The molecule has 9 heteroatoms. The van der Waals surface area contributed by atoms with Gasteiger partial charge in [0.1, 0.15) is 0 Å². The zero-order valence-corrected chi connectivity index (χ0v) is 12.0. The summed E-state index contributed by atoms with van der Waals surface area (Å²) in [6, 6.07) is 0. The van der Waals surface area contributed by atoms with Gasteiger partial charge in [-0.05, 0) is 0 Å². The minimum Gasteiger partial charge on any atom is -1.00 e. The van der Waals surface area contributed by atoms with Crippen LogP contribution in [-0.4, -0.2) is 19.9 Å². The zero-order valence-electron chi connectivity index (χ0n) is 7.37. The largest absolute Gasteiger partial charge is 4.00 e. The summed E-state index contributed by atoms with van der Waals surface area (Å²) in [4.78, 5) is 12.8. The van der Waals surface area contributed by atoms with Gasteiger partial charge in [-0.15, -0.1) is 0 Å². The molecule has 0 unspecified atom stereocenters. The molecule has 0 bridgehead atoms. The topological polar surface area (TPSA) is 57.4 Å². The Balaban J connectivity index is -0.0000000333. The van der Waals surface area contributed by atoms with E-state index in [1.54, 1.807) is 37.4 Å². The van der Waals surface area contributed by atoms with E-state index >= 15 is 0 Å². The van der Waals surface area contributed by atoms with Crippen LogP contribution in [0.2, 0.25) is 0 Å². The molecular formula is C6H8Cl4N4Ti.